The van der Waals surface area contributed by atoms with Gasteiger partial charge in [-0.3, -0.25) is 4.79 Å². The van der Waals surface area contributed by atoms with Crippen molar-refractivity contribution in [1.82, 2.24) is 0 Å². The molecule has 0 rings (SSSR count). The summed E-state index contributed by atoms with van der Waals surface area (Å²) in [5.74, 6) is 0. The van der Waals surface area contributed by atoms with Crippen molar-refractivity contribution in [2.45, 2.75) is 13.3 Å². The number of nitrogens with zero attached hydrogens (tertiary/aromatic N) is 1. The highest BCUT2D eigenvalue weighted by molar-refractivity contribution is 6.27. The van der Waals surface area contributed by atoms with Crippen molar-refractivity contribution in [3.05, 3.63) is 0 Å². The molecule has 0 spiro atoms. The summed E-state index contributed by atoms with van der Waals surface area (Å²) in [4.78, 5) is 10.0. The lowest BCUT2D eigenvalue weighted by atomic mass is 10.3. The van der Waals surface area contributed by atoms with Crippen molar-refractivity contribution >= 4 is 12.0 Å². The van der Waals surface area contributed by atoms with E-state index >= 15 is 0 Å². The van der Waals surface area contributed by atoms with Gasteiger partial charge >= 0.3 is 0 Å². The average Bonchev–Trinajstić information content (AvgIpc) is 1.99. The Hall–Kier alpha value is -0.900. The van der Waals surface area contributed by atoms with Gasteiger partial charge in [-0.1, -0.05) is 5.16 Å². The number of oxime groups is 1. The molecule has 10 heavy (non-hydrogen) atoms. The van der Waals surface area contributed by atoms with Crippen molar-refractivity contribution < 1.29 is 15.3 Å². The van der Waals surface area contributed by atoms with Crippen LogP contribution in [0.4, 0.5) is 0 Å². The first kappa shape index (κ1) is 9.10. The Kier molecular flexibility index (Phi) is 5.66. The van der Waals surface area contributed by atoms with Gasteiger partial charge in [0.15, 0.2) is 6.29 Å². The van der Waals surface area contributed by atoms with Crippen molar-refractivity contribution in [3.8, 4) is 0 Å². The highest BCUT2D eigenvalue weighted by atomic mass is 16.4. The fourth-order valence-corrected chi connectivity index (χ4v) is 0.587. The van der Waals surface area contributed by atoms with Crippen LogP contribution < -0.4 is 5.32 Å². The van der Waals surface area contributed by atoms with E-state index in [1.165, 1.54) is 0 Å². The summed E-state index contributed by atoms with van der Waals surface area (Å²) in [5.41, 5.74) is 0.213. The third-order valence-corrected chi connectivity index (χ3v) is 1.16. The number of rotatable bonds is 5. The first-order valence-corrected chi connectivity index (χ1v) is 3.33. The molecule has 0 aliphatic carbocycles. The van der Waals surface area contributed by atoms with Crippen LogP contribution in [-0.2, 0) is 4.79 Å². The molecule has 0 atom stereocenters. The van der Waals surface area contributed by atoms with Gasteiger partial charge in [0.25, 0.3) is 0 Å². The van der Waals surface area contributed by atoms with E-state index in [2.05, 4.69) is 5.16 Å². The molecule has 0 aromatic heterocycles. The quantitative estimate of drug-likeness (QED) is 0.171. The summed E-state index contributed by atoms with van der Waals surface area (Å²) >= 11 is 0. The van der Waals surface area contributed by atoms with E-state index < -0.39 is 0 Å². The Labute approximate surface area is 59.9 Å². The van der Waals surface area contributed by atoms with E-state index in [1.54, 1.807) is 0 Å². The molecule has 0 amide bonds. The highest BCUT2D eigenvalue weighted by Crippen LogP contribution is 1.76. The minimum Gasteiger partial charge on any atom is -0.411 e. The van der Waals surface area contributed by atoms with Crippen LogP contribution in [0, 0.1) is 0 Å². The largest absolute Gasteiger partial charge is 0.411 e. The van der Waals surface area contributed by atoms with E-state index in [9.17, 15) is 4.79 Å². The second-order valence-corrected chi connectivity index (χ2v) is 1.94. The van der Waals surface area contributed by atoms with Crippen LogP contribution in [0.3, 0.4) is 0 Å². The highest BCUT2D eigenvalue weighted by Gasteiger charge is 1.97. The standard InChI is InChI=1S/C6H12N2O2/c1-2-7-4-3-6(5-9)8-10/h5,7,10H,2-4H2,1H3/p+1. The Morgan fingerprint density at radius 1 is 1.80 bits per heavy atom. The molecule has 0 saturated heterocycles. The second kappa shape index (κ2) is 6.22. The number of quaternary nitrogens is 1. The maximum Gasteiger partial charge on any atom is 0.167 e. The van der Waals surface area contributed by atoms with E-state index in [-0.39, 0.29) is 5.71 Å². The summed E-state index contributed by atoms with van der Waals surface area (Å²) in [5, 5.41) is 13.0. The zero-order valence-corrected chi connectivity index (χ0v) is 6.08. The van der Waals surface area contributed by atoms with Crippen LogP contribution in [0.1, 0.15) is 13.3 Å². The van der Waals surface area contributed by atoms with Crippen LogP contribution in [0.25, 0.3) is 0 Å². The monoisotopic (exact) mass is 145 g/mol. The summed E-state index contributed by atoms with van der Waals surface area (Å²) in [6.07, 6.45) is 1.11. The second-order valence-electron chi connectivity index (χ2n) is 1.94. The predicted octanol–water partition coefficient (Wildman–Crippen LogP) is -1.01. The first-order chi connectivity index (χ1) is 4.85. The maximum atomic E-state index is 10.0. The Balaban J connectivity index is 3.36. The minimum atomic E-state index is 0.213. The SMILES string of the molecule is CC[NH2+]CCC(C=O)=NO. The average molecular weight is 145 g/mol. The zero-order valence-electron chi connectivity index (χ0n) is 6.08. The third kappa shape index (κ3) is 4.03. The van der Waals surface area contributed by atoms with Crippen molar-refractivity contribution in [2.24, 2.45) is 5.16 Å². The van der Waals surface area contributed by atoms with Crippen molar-refractivity contribution in [1.29, 1.82) is 0 Å². The Morgan fingerprint density at radius 2 is 2.50 bits per heavy atom. The summed E-state index contributed by atoms with van der Waals surface area (Å²) in [6.45, 7) is 3.81. The number of hydrogen-bond donors (Lipinski definition) is 2. The van der Waals surface area contributed by atoms with E-state index in [1.807, 2.05) is 12.2 Å². The van der Waals surface area contributed by atoms with E-state index in [0.717, 1.165) is 13.1 Å². The van der Waals surface area contributed by atoms with E-state index in [0.29, 0.717) is 12.7 Å². The zero-order chi connectivity index (χ0) is 7.82. The summed E-state index contributed by atoms with van der Waals surface area (Å²) < 4.78 is 0. The molecule has 4 nitrogen and oxygen atoms in total. The van der Waals surface area contributed by atoms with Crippen LogP contribution >= 0.6 is 0 Å². The molecule has 0 radical (unpaired) electrons. The Morgan fingerprint density at radius 3 is 2.90 bits per heavy atom. The van der Waals surface area contributed by atoms with Gasteiger partial charge in [-0.2, -0.15) is 0 Å². The number of carbonyl (C=O) groups excluding carboxylic acids is 1. The van der Waals surface area contributed by atoms with Gasteiger partial charge in [0.2, 0.25) is 0 Å². The van der Waals surface area contributed by atoms with Gasteiger partial charge in [0.1, 0.15) is 5.71 Å². The van der Waals surface area contributed by atoms with Gasteiger partial charge in [0.05, 0.1) is 13.1 Å². The molecule has 0 heterocycles. The van der Waals surface area contributed by atoms with Crippen LogP contribution in [0.2, 0.25) is 0 Å². The van der Waals surface area contributed by atoms with Crippen LogP contribution in [0.15, 0.2) is 5.16 Å². The smallest absolute Gasteiger partial charge is 0.167 e. The maximum absolute atomic E-state index is 10.0. The van der Waals surface area contributed by atoms with Gasteiger partial charge < -0.3 is 10.5 Å². The Bertz CT molecular complexity index is 123. The molecule has 3 N–H and O–H groups in total. The topological polar surface area (TPSA) is 66.3 Å². The molecule has 0 saturated carbocycles. The molecule has 0 unspecified atom stereocenters. The summed E-state index contributed by atoms with van der Waals surface area (Å²) in [7, 11) is 0. The lowest BCUT2D eigenvalue weighted by molar-refractivity contribution is -0.650. The van der Waals surface area contributed by atoms with Gasteiger partial charge in [0, 0.05) is 6.42 Å². The van der Waals surface area contributed by atoms with Crippen LogP contribution in [-0.4, -0.2) is 30.3 Å². The molecule has 0 aliphatic heterocycles. The van der Waals surface area contributed by atoms with Gasteiger partial charge in [-0.25, -0.2) is 0 Å². The van der Waals surface area contributed by atoms with Crippen LogP contribution in [0.5, 0.6) is 0 Å². The number of carbonyl (C=O) groups is 1. The molecular formula is C6H13N2O2+. The lowest BCUT2D eigenvalue weighted by Crippen LogP contribution is -2.83. The molecule has 0 aromatic rings. The van der Waals surface area contributed by atoms with E-state index in [4.69, 9.17) is 5.21 Å². The molecule has 58 valence electrons. The fourth-order valence-electron chi connectivity index (χ4n) is 0.587. The molecule has 0 aromatic carbocycles. The molecule has 4 heteroatoms. The first-order valence-electron chi connectivity index (χ1n) is 3.33. The molecule has 0 bridgehead atoms. The minimum absolute atomic E-state index is 0.213. The number of aldehydes is 1. The fraction of sp³-hybridized carbons (Fsp3) is 0.667. The normalized spacial score (nSPS) is 11.5. The molecule has 0 fully saturated rings. The number of nitrogens with two attached hydrogens (primary N) is 1. The number of hydrogen-bond acceptors (Lipinski definition) is 3. The van der Waals surface area contributed by atoms with Crippen molar-refractivity contribution in [2.75, 3.05) is 13.1 Å². The van der Waals surface area contributed by atoms with Gasteiger partial charge in [-0.15, -0.1) is 0 Å². The predicted molar refractivity (Wildman–Crippen MR) is 37.2 cm³/mol. The van der Waals surface area contributed by atoms with Crippen molar-refractivity contribution in [3.63, 3.8) is 0 Å². The molecule has 0 aliphatic rings. The lowest BCUT2D eigenvalue weighted by Gasteiger charge is -1.94. The summed E-state index contributed by atoms with van der Waals surface area (Å²) in [6, 6.07) is 0. The van der Waals surface area contributed by atoms with Gasteiger partial charge in [-0.05, 0) is 6.92 Å². The third-order valence-electron chi connectivity index (χ3n) is 1.16. The molecular weight excluding hydrogens is 132 g/mol.